The van der Waals surface area contributed by atoms with Crippen molar-refractivity contribution in [3.63, 3.8) is 0 Å². The molecule has 0 aromatic heterocycles. The van der Waals surface area contributed by atoms with E-state index in [1.165, 1.54) is 4.90 Å². The Hall–Kier alpha value is -2.18. The van der Waals surface area contributed by atoms with Gasteiger partial charge in [-0.15, -0.1) is 0 Å². The molecule has 0 spiro atoms. The Bertz CT molecular complexity index is 520. The molecule has 1 aliphatic rings. The van der Waals surface area contributed by atoms with E-state index < -0.39 is 22.8 Å². The molecule has 0 aliphatic carbocycles. The van der Waals surface area contributed by atoms with Gasteiger partial charge in [-0.05, 0) is 25.3 Å². The van der Waals surface area contributed by atoms with Gasteiger partial charge in [-0.25, -0.2) is 9.18 Å². The van der Waals surface area contributed by atoms with E-state index >= 15 is 0 Å². The summed E-state index contributed by atoms with van der Waals surface area (Å²) in [7, 11) is 0. The third-order valence-electron chi connectivity index (χ3n) is 3.23. The van der Waals surface area contributed by atoms with Crippen LogP contribution in [0.25, 0.3) is 0 Å². The highest BCUT2D eigenvalue weighted by molar-refractivity contribution is 5.80. The number of carboxylic acids is 1. The van der Waals surface area contributed by atoms with Crippen LogP contribution in [0.2, 0.25) is 0 Å². The molecule has 0 amide bonds. The predicted octanol–water partition coefficient (Wildman–Crippen LogP) is 2.18. The lowest BCUT2D eigenvalue weighted by Gasteiger charge is -2.34. The maximum atomic E-state index is 13.3. The second-order valence-electron chi connectivity index (χ2n) is 4.43. The van der Waals surface area contributed by atoms with E-state index in [9.17, 15) is 19.3 Å². The number of nitro benzene ring substituents is 1. The zero-order valence-electron chi connectivity index (χ0n) is 10.1. The highest BCUT2D eigenvalue weighted by Gasteiger charge is 2.32. The van der Waals surface area contributed by atoms with Crippen LogP contribution < -0.4 is 4.90 Å². The molecule has 1 aromatic rings. The fraction of sp³-hybridized carbons (Fsp3) is 0.417. The average Bonchev–Trinajstić information content (AvgIpc) is 2.38. The van der Waals surface area contributed by atoms with Gasteiger partial charge in [0.2, 0.25) is 0 Å². The first-order chi connectivity index (χ1) is 9.00. The summed E-state index contributed by atoms with van der Waals surface area (Å²) in [5, 5.41) is 20.1. The number of anilines is 1. The molecule has 7 heteroatoms. The number of nitrogens with zero attached hydrogens (tertiary/aromatic N) is 2. The van der Waals surface area contributed by atoms with E-state index in [1.54, 1.807) is 0 Å². The first-order valence-corrected chi connectivity index (χ1v) is 5.94. The monoisotopic (exact) mass is 268 g/mol. The maximum absolute atomic E-state index is 13.3. The quantitative estimate of drug-likeness (QED) is 0.671. The molecule has 0 bridgehead atoms. The molecule has 2 rings (SSSR count). The van der Waals surface area contributed by atoms with Gasteiger partial charge in [-0.2, -0.15) is 0 Å². The fourth-order valence-electron chi connectivity index (χ4n) is 2.36. The first kappa shape index (κ1) is 13.3. The largest absolute Gasteiger partial charge is 0.480 e. The molecule has 1 N–H and O–H groups in total. The topological polar surface area (TPSA) is 83.7 Å². The SMILES string of the molecule is O=C(O)C1CCCCN1c1cc(F)ccc1[N+](=O)[O-]. The minimum absolute atomic E-state index is 0.0390. The third kappa shape index (κ3) is 2.64. The molecular formula is C12H13FN2O4. The van der Waals surface area contributed by atoms with Crippen molar-refractivity contribution in [3.8, 4) is 0 Å². The molecule has 102 valence electrons. The summed E-state index contributed by atoms with van der Waals surface area (Å²) in [6.45, 7) is 0.376. The Kier molecular flexibility index (Phi) is 3.64. The Morgan fingerprint density at radius 2 is 2.21 bits per heavy atom. The first-order valence-electron chi connectivity index (χ1n) is 5.94. The van der Waals surface area contributed by atoms with Crippen LogP contribution in [0.15, 0.2) is 18.2 Å². The number of carbonyl (C=O) groups is 1. The van der Waals surface area contributed by atoms with Crippen molar-refractivity contribution in [1.82, 2.24) is 0 Å². The van der Waals surface area contributed by atoms with Gasteiger partial charge in [-0.3, -0.25) is 10.1 Å². The van der Waals surface area contributed by atoms with Crippen molar-refractivity contribution in [2.24, 2.45) is 0 Å². The van der Waals surface area contributed by atoms with Gasteiger partial charge in [0.1, 0.15) is 17.5 Å². The number of piperidine rings is 1. The van der Waals surface area contributed by atoms with Crippen molar-refractivity contribution in [3.05, 3.63) is 34.1 Å². The Balaban J connectivity index is 2.46. The maximum Gasteiger partial charge on any atom is 0.326 e. The van der Waals surface area contributed by atoms with E-state index in [0.29, 0.717) is 13.0 Å². The molecule has 19 heavy (non-hydrogen) atoms. The van der Waals surface area contributed by atoms with Gasteiger partial charge in [0.25, 0.3) is 5.69 Å². The molecule has 1 fully saturated rings. The summed E-state index contributed by atoms with van der Waals surface area (Å²) < 4.78 is 13.3. The Morgan fingerprint density at radius 1 is 1.47 bits per heavy atom. The highest BCUT2D eigenvalue weighted by Crippen LogP contribution is 2.33. The van der Waals surface area contributed by atoms with Crippen LogP contribution in [-0.4, -0.2) is 28.6 Å². The van der Waals surface area contributed by atoms with Crippen molar-refractivity contribution in [2.75, 3.05) is 11.4 Å². The van der Waals surface area contributed by atoms with Crippen LogP contribution in [0.3, 0.4) is 0 Å². The molecule has 1 atom stereocenters. The van der Waals surface area contributed by atoms with Crippen molar-refractivity contribution in [2.45, 2.75) is 25.3 Å². The summed E-state index contributed by atoms with van der Waals surface area (Å²) in [6.07, 6.45) is 1.89. The number of carboxylic acid groups (broad SMARTS) is 1. The second kappa shape index (κ2) is 5.21. The van der Waals surface area contributed by atoms with Crippen molar-refractivity contribution in [1.29, 1.82) is 0 Å². The molecule has 1 unspecified atom stereocenters. The number of hydrogen-bond acceptors (Lipinski definition) is 4. The molecule has 1 saturated heterocycles. The van der Waals surface area contributed by atoms with E-state index in [0.717, 1.165) is 31.0 Å². The molecular weight excluding hydrogens is 255 g/mol. The van der Waals surface area contributed by atoms with Gasteiger partial charge in [0.15, 0.2) is 0 Å². The lowest BCUT2D eigenvalue weighted by atomic mass is 10.0. The fourth-order valence-corrected chi connectivity index (χ4v) is 2.36. The van der Waals surface area contributed by atoms with Crippen LogP contribution in [-0.2, 0) is 4.79 Å². The molecule has 0 radical (unpaired) electrons. The number of hydrogen-bond donors (Lipinski definition) is 1. The summed E-state index contributed by atoms with van der Waals surface area (Å²) in [5.74, 6) is -1.66. The predicted molar refractivity (Wildman–Crippen MR) is 65.7 cm³/mol. The minimum atomic E-state index is -1.04. The van der Waals surface area contributed by atoms with Gasteiger partial charge >= 0.3 is 5.97 Å². The number of benzene rings is 1. The minimum Gasteiger partial charge on any atom is -0.480 e. The summed E-state index contributed by atoms with van der Waals surface area (Å²) in [5.41, 5.74) is -0.230. The normalized spacial score (nSPS) is 19.2. The zero-order chi connectivity index (χ0) is 14.0. The van der Waals surface area contributed by atoms with Crippen LogP contribution >= 0.6 is 0 Å². The van der Waals surface area contributed by atoms with Gasteiger partial charge in [-0.1, -0.05) is 0 Å². The smallest absolute Gasteiger partial charge is 0.326 e. The molecule has 1 aliphatic heterocycles. The van der Waals surface area contributed by atoms with Crippen molar-refractivity contribution >= 4 is 17.3 Å². The Labute approximate surface area is 108 Å². The number of aliphatic carboxylic acids is 1. The molecule has 1 aromatic carbocycles. The standard InChI is InChI=1S/C12H13FN2O4/c13-8-4-5-9(15(18)19)11(7-8)14-6-2-1-3-10(14)12(16)17/h4-5,7,10H,1-3,6H2,(H,16,17). The van der Waals surface area contributed by atoms with E-state index in [4.69, 9.17) is 5.11 Å². The van der Waals surface area contributed by atoms with Crippen LogP contribution in [0.1, 0.15) is 19.3 Å². The van der Waals surface area contributed by atoms with E-state index in [-0.39, 0.29) is 11.4 Å². The van der Waals surface area contributed by atoms with Crippen molar-refractivity contribution < 1.29 is 19.2 Å². The van der Waals surface area contributed by atoms with Crippen LogP contribution in [0, 0.1) is 15.9 Å². The van der Waals surface area contributed by atoms with Crippen LogP contribution in [0.4, 0.5) is 15.8 Å². The molecule has 0 saturated carbocycles. The van der Waals surface area contributed by atoms with Crippen LogP contribution in [0.5, 0.6) is 0 Å². The highest BCUT2D eigenvalue weighted by atomic mass is 19.1. The number of halogens is 1. The van der Waals surface area contributed by atoms with Gasteiger partial charge in [0, 0.05) is 18.7 Å². The molecule has 6 nitrogen and oxygen atoms in total. The number of nitro groups is 1. The van der Waals surface area contributed by atoms with E-state index in [1.807, 2.05) is 0 Å². The summed E-state index contributed by atoms with van der Waals surface area (Å²) in [6, 6.07) is 2.26. The second-order valence-corrected chi connectivity index (χ2v) is 4.43. The average molecular weight is 268 g/mol. The van der Waals surface area contributed by atoms with Gasteiger partial charge < -0.3 is 10.0 Å². The lowest BCUT2D eigenvalue weighted by molar-refractivity contribution is -0.384. The summed E-state index contributed by atoms with van der Waals surface area (Å²) >= 11 is 0. The third-order valence-corrected chi connectivity index (χ3v) is 3.23. The molecule has 1 heterocycles. The summed E-state index contributed by atoms with van der Waals surface area (Å²) in [4.78, 5) is 22.9. The van der Waals surface area contributed by atoms with E-state index in [2.05, 4.69) is 0 Å². The lowest BCUT2D eigenvalue weighted by Crippen LogP contribution is -2.45. The Morgan fingerprint density at radius 3 is 2.84 bits per heavy atom. The number of rotatable bonds is 3. The van der Waals surface area contributed by atoms with Gasteiger partial charge in [0.05, 0.1) is 4.92 Å². The zero-order valence-corrected chi connectivity index (χ0v) is 10.1.